The highest BCUT2D eigenvalue weighted by atomic mass is 35.5. The Balaban J connectivity index is 0.00000240. The highest BCUT2D eigenvalue weighted by Crippen LogP contribution is 2.33. The van der Waals surface area contributed by atoms with Crippen LogP contribution in [-0.4, -0.2) is 53.4 Å². The summed E-state index contributed by atoms with van der Waals surface area (Å²) in [5.41, 5.74) is 2.95. The van der Waals surface area contributed by atoms with Gasteiger partial charge in [-0.3, -0.25) is 4.79 Å². The summed E-state index contributed by atoms with van der Waals surface area (Å²) in [5.74, 6) is 0.177. The van der Waals surface area contributed by atoms with Crippen molar-refractivity contribution in [2.24, 2.45) is 0 Å². The van der Waals surface area contributed by atoms with Crippen LogP contribution in [0.4, 0.5) is 5.82 Å². The minimum Gasteiger partial charge on any atom is -0.461 e. The monoisotopic (exact) mass is 417 g/mol. The standard InChI is InChI=1S/C20H23N5O3.ClH/c1-3-28-20(27)15-12-25-17(19(26)22-15)16(14-6-4-5-13(2)11-14)18(23-25)24-9-7-21-8-10-24;/h4-6,11-12,21H,3,7-10H2,1-2H3,(H,22,26);1H. The number of carbonyl (C=O) groups excluding carboxylic acids is 1. The van der Waals surface area contributed by atoms with Gasteiger partial charge in [-0.1, -0.05) is 29.8 Å². The molecule has 2 N–H and O–H groups in total. The molecule has 4 rings (SSSR count). The van der Waals surface area contributed by atoms with Gasteiger partial charge in [-0.15, -0.1) is 17.5 Å². The summed E-state index contributed by atoms with van der Waals surface area (Å²) in [6.45, 7) is 7.27. The zero-order chi connectivity index (χ0) is 19.7. The second-order valence-electron chi connectivity index (χ2n) is 6.82. The molecular weight excluding hydrogens is 394 g/mol. The maximum Gasteiger partial charge on any atom is 0.356 e. The zero-order valence-corrected chi connectivity index (χ0v) is 17.2. The number of rotatable bonds is 4. The first-order chi connectivity index (χ1) is 13.6. The molecule has 29 heavy (non-hydrogen) atoms. The maximum atomic E-state index is 12.9. The van der Waals surface area contributed by atoms with Gasteiger partial charge >= 0.3 is 5.97 Å². The Bertz CT molecular complexity index is 1090. The zero-order valence-electron chi connectivity index (χ0n) is 16.4. The number of aryl methyl sites for hydroxylation is 1. The lowest BCUT2D eigenvalue weighted by atomic mass is 10.0. The van der Waals surface area contributed by atoms with Crippen LogP contribution in [-0.2, 0) is 4.74 Å². The molecule has 0 unspecified atom stereocenters. The van der Waals surface area contributed by atoms with Crippen LogP contribution in [0.2, 0.25) is 0 Å². The molecule has 0 spiro atoms. The minimum absolute atomic E-state index is 0. The van der Waals surface area contributed by atoms with Crippen molar-refractivity contribution in [2.45, 2.75) is 13.8 Å². The lowest BCUT2D eigenvalue weighted by Crippen LogP contribution is -2.43. The van der Waals surface area contributed by atoms with Crippen LogP contribution in [0.3, 0.4) is 0 Å². The highest BCUT2D eigenvalue weighted by molar-refractivity contribution is 5.91. The molecular formula is C20H24ClN5O3. The van der Waals surface area contributed by atoms with Crippen LogP contribution < -0.4 is 15.8 Å². The van der Waals surface area contributed by atoms with E-state index in [1.807, 2.05) is 31.2 Å². The summed E-state index contributed by atoms with van der Waals surface area (Å²) in [7, 11) is 0. The third-order valence-electron chi connectivity index (χ3n) is 4.83. The first-order valence-corrected chi connectivity index (χ1v) is 9.44. The fourth-order valence-corrected chi connectivity index (χ4v) is 3.55. The molecule has 1 aliphatic heterocycles. The summed E-state index contributed by atoms with van der Waals surface area (Å²) in [6.07, 6.45) is 1.53. The molecule has 154 valence electrons. The number of carbonyl (C=O) groups is 1. The van der Waals surface area contributed by atoms with Gasteiger partial charge in [-0.25, -0.2) is 9.31 Å². The van der Waals surface area contributed by atoms with E-state index in [0.29, 0.717) is 5.52 Å². The highest BCUT2D eigenvalue weighted by Gasteiger charge is 2.24. The van der Waals surface area contributed by atoms with Crippen molar-refractivity contribution < 1.29 is 9.53 Å². The fourth-order valence-electron chi connectivity index (χ4n) is 3.55. The van der Waals surface area contributed by atoms with E-state index in [9.17, 15) is 9.59 Å². The molecule has 2 aromatic heterocycles. The Morgan fingerprint density at radius 3 is 2.72 bits per heavy atom. The second-order valence-corrected chi connectivity index (χ2v) is 6.82. The van der Waals surface area contributed by atoms with Gasteiger partial charge in [-0.05, 0) is 19.4 Å². The first kappa shape index (κ1) is 20.9. The summed E-state index contributed by atoms with van der Waals surface area (Å²) >= 11 is 0. The average Bonchev–Trinajstić information content (AvgIpc) is 3.09. The van der Waals surface area contributed by atoms with E-state index in [1.165, 1.54) is 10.7 Å². The van der Waals surface area contributed by atoms with Crippen molar-refractivity contribution >= 4 is 29.7 Å². The number of esters is 1. The number of fused-ring (bicyclic) bond motifs is 1. The molecule has 1 saturated heterocycles. The summed E-state index contributed by atoms with van der Waals surface area (Å²) in [4.78, 5) is 29.9. The van der Waals surface area contributed by atoms with Crippen LogP contribution >= 0.6 is 12.4 Å². The van der Waals surface area contributed by atoms with E-state index < -0.39 is 5.97 Å². The van der Waals surface area contributed by atoms with Crippen LogP contribution in [0.5, 0.6) is 0 Å². The van der Waals surface area contributed by atoms with Gasteiger partial charge in [0.2, 0.25) is 0 Å². The molecule has 3 aromatic rings. The van der Waals surface area contributed by atoms with E-state index >= 15 is 0 Å². The van der Waals surface area contributed by atoms with Crippen molar-refractivity contribution in [3.05, 3.63) is 52.1 Å². The van der Waals surface area contributed by atoms with E-state index in [4.69, 9.17) is 9.84 Å². The average molecular weight is 418 g/mol. The van der Waals surface area contributed by atoms with Crippen molar-refractivity contribution in [1.82, 2.24) is 19.9 Å². The molecule has 3 heterocycles. The van der Waals surface area contributed by atoms with E-state index in [1.54, 1.807) is 6.92 Å². The smallest absolute Gasteiger partial charge is 0.356 e. The van der Waals surface area contributed by atoms with E-state index in [-0.39, 0.29) is 30.3 Å². The van der Waals surface area contributed by atoms with Crippen molar-refractivity contribution in [1.29, 1.82) is 0 Å². The number of hydrogen-bond acceptors (Lipinski definition) is 6. The van der Waals surface area contributed by atoms with Gasteiger partial charge < -0.3 is 19.9 Å². The summed E-state index contributed by atoms with van der Waals surface area (Å²) < 4.78 is 6.52. The number of ether oxygens (including phenoxy) is 1. The number of aromatic nitrogens is 3. The number of halogens is 1. The molecule has 9 heteroatoms. The van der Waals surface area contributed by atoms with Gasteiger partial charge in [0.05, 0.1) is 18.4 Å². The van der Waals surface area contributed by atoms with Crippen LogP contribution in [0.15, 0.2) is 35.3 Å². The van der Waals surface area contributed by atoms with Gasteiger partial charge in [0.1, 0.15) is 11.2 Å². The lowest BCUT2D eigenvalue weighted by Gasteiger charge is -2.28. The van der Waals surface area contributed by atoms with E-state index in [0.717, 1.165) is 48.7 Å². The molecule has 0 aliphatic carbocycles. The summed E-state index contributed by atoms with van der Waals surface area (Å²) in [6, 6.07) is 8.01. The number of piperazine rings is 1. The predicted octanol–water partition coefficient (Wildman–Crippen LogP) is 2.01. The van der Waals surface area contributed by atoms with Crippen molar-refractivity contribution in [2.75, 3.05) is 37.7 Å². The molecule has 0 atom stereocenters. The number of aromatic amines is 1. The number of nitrogens with zero attached hydrogens (tertiary/aromatic N) is 3. The van der Waals surface area contributed by atoms with Crippen LogP contribution in [0.1, 0.15) is 23.0 Å². The van der Waals surface area contributed by atoms with Gasteiger partial charge in [0, 0.05) is 26.2 Å². The molecule has 1 aromatic carbocycles. The quantitative estimate of drug-likeness (QED) is 0.631. The number of nitrogens with one attached hydrogen (secondary N) is 2. The Hall–Kier alpha value is -2.84. The number of hydrogen-bond donors (Lipinski definition) is 2. The minimum atomic E-state index is -0.571. The maximum absolute atomic E-state index is 12.9. The second kappa shape index (κ2) is 8.67. The topological polar surface area (TPSA) is 91.7 Å². The Morgan fingerprint density at radius 1 is 1.28 bits per heavy atom. The van der Waals surface area contributed by atoms with Gasteiger partial charge in [-0.2, -0.15) is 0 Å². The summed E-state index contributed by atoms with van der Waals surface area (Å²) in [5, 5.41) is 8.02. The predicted molar refractivity (Wildman–Crippen MR) is 114 cm³/mol. The Labute approximate surface area is 174 Å². The molecule has 1 aliphatic rings. The third kappa shape index (κ3) is 3.99. The van der Waals surface area contributed by atoms with Gasteiger partial charge in [0.15, 0.2) is 5.82 Å². The largest absolute Gasteiger partial charge is 0.461 e. The van der Waals surface area contributed by atoms with Gasteiger partial charge in [0.25, 0.3) is 5.56 Å². The molecule has 0 bridgehead atoms. The fraction of sp³-hybridized carbons (Fsp3) is 0.350. The molecule has 8 nitrogen and oxygen atoms in total. The molecule has 1 fully saturated rings. The molecule has 0 saturated carbocycles. The molecule has 0 amide bonds. The Morgan fingerprint density at radius 2 is 2.03 bits per heavy atom. The number of H-pyrrole nitrogens is 1. The SMILES string of the molecule is CCOC(=O)c1cn2nc(N3CCNCC3)c(-c3cccc(C)c3)c2c(=O)[nH]1.Cl. The normalized spacial score (nSPS) is 13.9. The van der Waals surface area contributed by atoms with Crippen molar-refractivity contribution in [3.63, 3.8) is 0 Å². The van der Waals surface area contributed by atoms with Crippen molar-refractivity contribution in [3.8, 4) is 11.1 Å². The lowest BCUT2D eigenvalue weighted by molar-refractivity contribution is 0.0518. The first-order valence-electron chi connectivity index (χ1n) is 9.44. The Kier molecular flexibility index (Phi) is 6.24. The van der Waals surface area contributed by atoms with Crippen LogP contribution in [0.25, 0.3) is 16.6 Å². The number of anilines is 1. The van der Waals surface area contributed by atoms with E-state index in [2.05, 4.69) is 15.2 Å². The third-order valence-corrected chi connectivity index (χ3v) is 4.83. The van der Waals surface area contributed by atoms with Crippen LogP contribution in [0, 0.1) is 6.92 Å². The molecule has 0 radical (unpaired) electrons. The number of benzene rings is 1.